The van der Waals surface area contributed by atoms with E-state index in [0.29, 0.717) is 5.56 Å². The number of aromatic nitrogens is 2. The van der Waals surface area contributed by atoms with Crippen molar-refractivity contribution in [1.82, 2.24) is 9.78 Å². The standard InChI is InChI=1S/C19H12FN3O/c20-18-9-5-4-8-17(18)19(24)15(11-21)10-14-12-22-23(13-14)16-6-2-1-3-7-16/h1-10,12-13H/b15-10+. The number of hydrogen-bond acceptors (Lipinski definition) is 3. The number of nitriles is 1. The maximum Gasteiger partial charge on any atom is 0.206 e. The summed E-state index contributed by atoms with van der Waals surface area (Å²) in [7, 11) is 0. The van der Waals surface area contributed by atoms with Crippen LogP contribution < -0.4 is 0 Å². The third-order valence-corrected chi connectivity index (χ3v) is 3.42. The zero-order valence-corrected chi connectivity index (χ0v) is 12.6. The molecule has 2 aromatic carbocycles. The van der Waals surface area contributed by atoms with Gasteiger partial charge in [-0.2, -0.15) is 10.4 Å². The first kappa shape index (κ1) is 15.4. The Morgan fingerprint density at radius 3 is 2.54 bits per heavy atom. The first-order valence-electron chi connectivity index (χ1n) is 7.20. The molecule has 0 bridgehead atoms. The minimum atomic E-state index is -0.650. The van der Waals surface area contributed by atoms with Gasteiger partial charge < -0.3 is 0 Å². The number of hydrogen-bond donors (Lipinski definition) is 0. The van der Waals surface area contributed by atoms with Crippen LogP contribution in [0.2, 0.25) is 0 Å². The van der Waals surface area contributed by atoms with Crippen LogP contribution in [0.4, 0.5) is 4.39 Å². The number of carbonyl (C=O) groups is 1. The molecule has 4 nitrogen and oxygen atoms in total. The molecule has 1 aromatic heterocycles. The average Bonchev–Trinajstić information content (AvgIpc) is 3.09. The molecule has 0 aliphatic heterocycles. The van der Waals surface area contributed by atoms with Crippen LogP contribution in [0.3, 0.4) is 0 Å². The molecule has 0 saturated heterocycles. The van der Waals surface area contributed by atoms with Crippen molar-refractivity contribution in [2.75, 3.05) is 0 Å². The SMILES string of the molecule is N#C/C(=C\c1cnn(-c2ccccc2)c1)C(=O)c1ccccc1F. The molecule has 5 heteroatoms. The Balaban J connectivity index is 1.92. The number of rotatable bonds is 4. The van der Waals surface area contributed by atoms with E-state index in [1.54, 1.807) is 23.1 Å². The van der Waals surface area contributed by atoms with Gasteiger partial charge in [0.25, 0.3) is 0 Å². The van der Waals surface area contributed by atoms with E-state index < -0.39 is 11.6 Å². The molecule has 1 heterocycles. The Labute approximate surface area is 138 Å². The maximum atomic E-state index is 13.7. The summed E-state index contributed by atoms with van der Waals surface area (Å²) in [5.74, 6) is -1.30. The summed E-state index contributed by atoms with van der Waals surface area (Å²) >= 11 is 0. The molecule has 0 unspecified atom stereocenters. The van der Waals surface area contributed by atoms with Crippen molar-refractivity contribution in [3.05, 3.63) is 89.5 Å². The minimum Gasteiger partial charge on any atom is -0.288 e. The van der Waals surface area contributed by atoms with E-state index >= 15 is 0 Å². The highest BCUT2D eigenvalue weighted by Crippen LogP contribution is 2.16. The van der Waals surface area contributed by atoms with Crippen LogP contribution in [0.25, 0.3) is 11.8 Å². The Bertz CT molecular complexity index is 952. The summed E-state index contributed by atoms with van der Waals surface area (Å²) < 4.78 is 15.4. The summed E-state index contributed by atoms with van der Waals surface area (Å²) in [4.78, 5) is 12.3. The van der Waals surface area contributed by atoms with E-state index in [-0.39, 0.29) is 11.1 Å². The predicted octanol–water partition coefficient (Wildman–Crippen LogP) is 3.80. The lowest BCUT2D eigenvalue weighted by Gasteiger charge is -2.00. The highest BCUT2D eigenvalue weighted by Gasteiger charge is 2.16. The zero-order valence-electron chi connectivity index (χ0n) is 12.6. The number of halogens is 1. The topological polar surface area (TPSA) is 58.7 Å². The summed E-state index contributed by atoms with van der Waals surface area (Å²) in [5, 5.41) is 13.4. The van der Waals surface area contributed by atoms with E-state index in [4.69, 9.17) is 0 Å². The van der Waals surface area contributed by atoms with Gasteiger partial charge in [0.05, 0.1) is 17.4 Å². The molecule has 3 rings (SSSR count). The van der Waals surface area contributed by atoms with Crippen molar-refractivity contribution in [2.24, 2.45) is 0 Å². The van der Waals surface area contributed by atoms with Crippen LogP contribution in [-0.4, -0.2) is 15.6 Å². The number of ketones is 1. The van der Waals surface area contributed by atoms with E-state index in [2.05, 4.69) is 5.10 Å². The van der Waals surface area contributed by atoms with Crippen LogP contribution >= 0.6 is 0 Å². The van der Waals surface area contributed by atoms with E-state index in [0.717, 1.165) is 5.69 Å². The molecule has 24 heavy (non-hydrogen) atoms. The Kier molecular flexibility index (Phi) is 4.30. The van der Waals surface area contributed by atoms with Crippen molar-refractivity contribution in [3.8, 4) is 11.8 Å². The lowest BCUT2D eigenvalue weighted by atomic mass is 10.0. The third-order valence-electron chi connectivity index (χ3n) is 3.42. The number of allylic oxidation sites excluding steroid dienone is 1. The average molecular weight is 317 g/mol. The molecule has 0 N–H and O–H groups in total. The fraction of sp³-hybridized carbons (Fsp3) is 0. The molecular weight excluding hydrogens is 305 g/mol. The second-order valence-electron chi connectivity index (χ2n) is 5.03. The zero-order chi connectivity index (χ0) is 16.9. The quantitative estimate of drug-likeness (QED) is 0.418. The molecule has 0 aliphatic rings. The monoisotopic (exact) mass is 317 g/mol. The normalized spacial score (nSPS) is 11.1. The highest BCUT2D eigenvalue weighted by atomic mass is 19.1. The smallest absolute Gasteiger partial charge is 0.206 e. The van der Waals surface area contributed by atoms with Gasteiger partial charge in [-0.1, -0.05) is 30.3 Å². The lowest BCUT2D eigenvalue weighted by molar-refractivity contribution is 0.103. The molecule has 0 spiro atoms. The molecule has 0 aliphatic carbocycles. The fourth-order valence-electron chi connectivity index (χ4n) is 2.24. The number of carbonyl (C=O) groups excluding carboxylic acids is 1. The largest absolute Gasteiger partial charge is 0.288 e. The maximum absolute atomic E-state index is 13.7. The second-order valence-corrected chi connectivity index (χ2v) is 5.03. The molecule has 0 amide bonds. The van der Waals surface area contributed by atoms with Crippen LogP contribution in [0.1, 0.15) is 15.9 Å². The first-order chi connectivity index (χ1) is 11.7. The highest BCUT2D eigenvalue weighted by molar-refractivity contribution is 6.14. The second kappa shape index (κ2) is 6.71. The van der Waals surface area contributed by atoms with Gasteiger partial charge in [-0.15, -0.1) is 0 Å². The molecule has 116 valence electrons. The molecule has 0 atom stereocenters. The van der Waals surface area contributed by atoms with E-state index in [1.165, 1.54) is 24.3 Å². The van der Waals surface area contributed by atoms with Gasteiger partial charge in [0, 0.05) is 11.8 Å². The Hall–Kier alpha value is -3.52. The summed E-state index contributed by atoms with van der Waals surface area (Å²) in [6, 6.07) is 16.9. The van der Waals surface area contributed by atoms with E-state index in [9.17, 15) is 14.4 Å². The lowest BCUT2D eigenvalue weighted by Crippen LogP contribution is -2.04. The van der Waals surface area contributed by atoms with E-state index in [1.807, 2.05) is 36.4 Å². The summed E-state index contributed by atoms with van der Waals surface area (Å²) in [6.07, 6.45) is 4.64. The van der Waals surface area contributed by atoms with Gasteiger partial charge in [-0.25, -0.2) is 9.07 Å². The molecule has 3 aromatic rings. The van der Waals surface area contributed by atoms with Crippen molar-refractivity contribution in [1.29, 1.82) is 5.26 Å². The number of nitrogens with zero attached hydrogens (tertiary/aromatic N) is 3. The fourth-order valence-corrected chi connectivity index (χ4v) is 2.24. The van der Waals surface area contributed by atoms with Crippen molar-refractivity contribution >= 4 is 11.9 Å². The van der Waals surface area contributed by atoms with Crippen molar-refractivity contribution in [2.45, 2.75) is 0 Å². The Morgan fingerprint density at radius 2 is 1.83 bits per heavy atom. The van der Waals surface area contributed by atoms with Crippen LogP contribution in [-0.2, 0) is 0 Å². The summed E-state index contributed by atoms with van der Waals surface area (Å²) in [6.45, 7) is 0. The van der Waals surface area contributed by atoms with Crippen LogP contribution in [0.5, 0.6) is 0 Å². The van der Waals surface area contributed by atoms with Crippen molar-refractivity contribution in [3.63, 3.8) is 0 Å². The van der Waals surface area contributed by atoms with Crippen LogP contribution in [0.15, 0.2) is 72.6 Å². The number of para-hydroxylation sites is 1. The third kappa shape index (κ3) is 3.13. The van der Waals surface area contributed by atoms with Gasteiger partial charge >= 0.3 is 0 Å². The number of Topliss-reactive ketones (excluding diaryl/α,β-unsaturated/α-hetero) is 1. The molecule has 0 radical (unpaired) electrons. The molecule has 0 fully saturated rings. The number of benzene rings is 2. The molecule has 0 saturated carbocycles. The van der Waals surface area contributed by atoms with Gasteiger partial charge in [0.1, 0.15) is 17.5 Å². The first-order valence-corrected chi connectivity index (χ1v) is 7.20. The van der Waals surface area contributed by atoms with Crippen molar-refractivity contribution < 1.29 is 9.18 Å². The summed E-state index contributed by atoms with van der Waals surface area (Å²) in [5.41, 5.74) is 1.17. The minimum absolute atomic E-state index is 0.124. The van der Waals surface area contributed by atoms with Gasteiger partial charge in [-0.05, 0) is 30.3 Å². The van der Waals surface area contributed by atoms with Gasteiger partial charge in [0.2, 0.25) is 5.78 Å². The van der Waals surface area contributed by atoms with Gasteiger partial charge in [-0.3, -0.25) is 4.79 Å². The van der Waals surface area contributed by atoms with Crippen LogP contribution in [0, 0.1) is 17.1 Å². The predicted molar refractivity (Wildman–Crippen MR) is 87.9 cm³/mol. The van der Waals surface area contributed by atoms with Gasteiger partial charge in [0.15, 0.2) is 0 Å². The molecular formula is C19H12FN3O. The Morgan fingerprint density at radius 1 is 1.12 bits per heavy atom.